The van der Waals surface area contributed by atoms with Gasteiger partial charge in [0.25, 0.3) is 0 Å². The second-order valence-electron chi connectivity index (χ2n) is 10.8. The molecule has 1 aromatic heterocycles. The summed E-state index contributed by atoms with van der Waals surface area (Å²) < 4.78 is 13.2. The standard InChI is InChI=1S/C35H37N3O6S/c1-3-36-35(42)38-19-24-7-4-8-26(17-24)27-9-5-10-28(18-27)34-43-30(21-45-32-29(33(40)41)11-6-16-37-32)22(2)31(44-34)25-14-12-23(20-39)13-15-25/h4-18,22,30-31,34,39H,3,19-21H2,1-2H3,(H,40,41)(H2,36,38,42). The minimum Gasteiger partial charge on any atom is -0.478 e. The molecule has 1 fully saturated rings. The smallest absolute Gasteiger partial charge is 0.338 e. The SMILES string of the molecule is CCNC(=O)NCc1cccc(-c2cccc(C3OC(CSc4ncccc4C(=O)O)C(C)C(c4ccc(CO)cc4)O3)c2)c1. The van der Waals surface area contributed by atoms with Gasteiger partial charge in [0, 0.05) is 36.5 Å². The Labute approximate surface area is 267 Å². The fourth-order valence-electron chi connectivity index (χ4n) is 5.27. The van der Waals surface area contributed by atoms with Gasteiger partial charge in [-0.25, -0.2) is 14.6 Å². The van der Waals surface area contributed by atoms with E-state index in [0.29, 0.717) is 23.9 Å². The van der Waals surface area contributed by atoms with Crippen LogP contribution in [0.1, 0.15) is 58.9 Å². The number of carbonyl (C=O) groups excluding carboxylic acids is 1. The lowest BCUT2D eigenvalue weighted by atomic mass is 9.91. The number of rotatable bonds is 11. The van der Waals surface area contributed by atoms with Gasteiger partial charge in [0.1, 0.15) is 5.03 Å². The Morgan fingerprint density at radius 3 is 2.38 bits per heavy atom. The lowest BCUT2D eigenvalue weighted by Crippen LogP contribution is -2.38. The number of ether oxygens (including phenoxy) is 2. The molecule has 9 nitrogen and oxygen atoms in total. The molecule has 10 heteroatoms. The van der Waals surface area contributed by atoms with Crippen molar-refractivity contribution in [3.8, 4) is 11.1 Å². The Morgan fingerprint density at radius 2 is 1.64 bits per heavy atom. The predicted octanol–water partition coefficient (Wildman–Crippen LogP) is 6.34. The van der Waals surface area contributed by atoms with Crippen LogP contribution in [0.25, 0.3) is 11.1 Å². The average Bonchev–Trinajstić information content (AvgIpc) is 3.07. The normalized spacial score (nSPS) is 19.5. The van der Waals surface area contributed by atoms with E-state index in [2.05, 4.69) is 22.5 Å². The molecule has 45 heavy (non-hydrogen) atoms. The second-order valence-corrected chi connectivity index (χ2v) is 11.8. The molecule has 0 spiro atoms. The number of thioether (sulfide) groups is 1. The molecule has 4 aromatic rings. The molecular weight excluding hydrogens is 590 g/mol. The molecule has 1 aliphatic rings. The third kappa shape index (κ3) is 8.09. The lowest BCUT2D eigenvalue weighted by Gasteiger charge is -2.41. The molecule has 0 radical (unpaired) electrons. The number of carbonyl (C=O) groups is 2. The number of benzene rings is 3. The van der Waals surface area contributed by atoms with Gasteiger partial charge >= 0.3 is 12.0 Å². The van der Waals surface area contributed by atoms with Crippen LogP contribution in [0.4, 0.5) is 4.79 Å². The van der Waals surface area contributed by atoms with Crippen LogP contribution in [0, 0.1) is 5.92 Å². The maximum absolute atomic E-state index is 11.9. The number of carboxylic acids is 1. The number of hydrogen-bond acceptors (Lipinski definition) is 7. The van der Waals surface area contributed by atoms with Crippen molar-refractivity contribution in [2.75, 3.05) is 12.3 Å². The third-order valence-corrected chi connectivity index (χ3v) is 8.81. The fraction of sp³-hybridized carbons (Fsp3) is 0.286. The van der Waals surface area contributed by atoms with E-state index in [1.807, 2.05) is 79.7 Å². The van der Waals surface area contributed by atoms with Gasteiger partial charge in [0.15, 0.2) is 6.29 Å². The number of aromatic nitrogens is 1. The molecule has 5 rings (SSSR count). The highest BCUT2D eigenvalue weighted by atomic mass is 32.2. The van der Waals surface area contributed by atoms with Crippen molar-refractivity contribution in [2.24, 2.45) is 5.92 Å². The van der Waals surface area contributed by atoms with Gasteiger partial charge in [-0.1, -0.05) is 67.6 Å². The number of pyridine rings is 1. The number of aliphatic hydroxyl groups is 1. The highest BCUT2D eigenvalue weighted by Gasteiger charge is 2.38. The van der Waals surface area contributed by atoms with Crippen LogP contribution in [0.3, 0.4) is 0 Å². The summed E-state index contributed by atoms with van der Waals surface area (Å²) in [6.45, 7) is 4.86. The minimum absolute atomic E-state index is 0.0433. The first-order valence-electron chi connectivity index (χ1n) is 14.9. The van der Waals surface area contributed by atoms with Gasteiger partial charge in [-0.3, -0.25) is 0 Å². The summed E-state index contributed by atoms with van der Waals surface area (Å²) in [4.78, 5) is 28.0. The summed E-state index contributed by atoms with van der Waals surface area (Å²) in [5, 5.41) is 25.3. The first kappa shape index (κ1) is 32.2. The van der Waals surface area contributed by atoms with Crippen molar-refractivity contribution in [2.45, 2.75) is 50.5 Å². The molecule has 0 bridgehead atoms. The molecule has 0 aliphatic carbocycles. The van der Waals surface area contributed by atoms with Gasteiger partial charge < -0.3 is 30.3 Å². The number of urea groups is 1. The Balaban J connectivity index is 1.40. The van der Waals surface area contributed by atoms with E-state index in [1.165, 1.54) is 11.8 Å². The van der Waals surface area contributed by atoms with Crippen molar-refractivity contribution in [3.05, 3.63) is 119 Å². The monoisotopic (exact) mass is 627 g/mol. The van der Waals surface area contributed by atoms with Gasteiger partial charge in [-0.15, -0.1) is 11.8 Å². The molecule has 1 aliphatic heterocycles. The molecule has 2 heterocycles. The van der Waals surface area contributed by atoms with Crippen LogP contribution in [0.5, 0.6) is 0 Å². The molecule has 2 amide bonds. The van der Waals surface area contributed by atoms with Gasteiger partial charge in [-0.05, 0) is 59.0 Å². The lowest BCUT2D eigenvalue weighted by molar-refractivity contribution is -0.268. The Bertz CT molecular complexity index is 1620. The van der Waals surface area contributed by atoms with E-state index >= 15 is 0 Å². The molecule has 1 saturated heterocycles. The summed E-state index contributed by atoms with van der Waals surface area (Å²) in [5.41, 5.74) is 5.74. The number of aromatic carboxylic acids is 1. The molecule has 0 saturated carbocycles. The Morgan fingerprint density at radius 1 is 0.889 bits per heavy atom. The highest BCUT2D eigenvalue weighted by molar-refractivity contribution is 7.99. The third-order valence-electron chi connectivity index (χ3n) is 7.72. The van der Waals surface area contributed by atoms with Crippen LogP contribution in [0.2, 0.25) is 0 Å². The zero-order valence-electron chi connectivity index (χ0n) is 25.2. The topological polar surface area (TPSA) is 130 Å². The number of carboxylic acid groups (broad SMARTS) is 1. The molecule has 4 atom stereocenters. The van der Waals surface area contributed by atoms with E-state index in [-0.39, 0.29) is 36.3 Å². The van der Waals surface area contributed by atoms with E-state index < -0.39 is 12.3 Å². The van der Waals surface area contributed by atoms with Crippen LogP contribution in [-0.4, -0.2) is 45.6 Å². The molecule has 4 N–H and O–H groups in total. The zero-order chi connectivity index (χ0) is 31.8. The molecule has 4 unspecified atom stereocenters. The van der Waals surface area contributed by atoms with Crippen molar-refractivity contribution in [1.29, 1.82) is 0 Å². The fourth-order valence-corrected chi connectivity index (χ4v) is 6.42. The number of nitrogens with one attached hydrogen (secondary N) is 2. The van der Waals surface area contributed by atoms with Crippen LogP contribution < -0.4 is 10.6 Å². The van der Waals surface area contributed by atoms with E-state index in [0.717, 1.165) is 33.4 Å². The largest absolute Gasteiger partial charge is 0.478 e. The van der Waals surface area contributed by atoms with E-state index in [1.54, 1.807) is 18.3 Å². The Hall–Kier alpha value is -4.22. The Kier molecular flexibility index (Phi) is 10.9. The van der Waals surface area contributed by atoms with Gasteiger partial charge in [-0.2, -0.15) is 0 Å². The molecule has 234 valence electrons. The van der Waals surface area contributed by atoms with Crippen molar-refractivity contribution >= 4 is 23.8 Å². The van der Waals surface area contributed by atoms with Crippen molar-refractivity contribution in [3.63, 3.8) is 0 Å². The quantitative estimate of drug-likeness (QED) is 0.142. The summed E-state index contributed by atoms with van der Waals surface area (Å²) in [7, 11) is 0. The van der Waals surface area contributed by atoms with Crippen LogP contribution >= 0.6 is 11.8 Å². The summed E-state index contributed by atoms with van der Waals surface area (Å²) in [5.74, 6) is -0.612. The first-order valence-corrected chi connectivity index (χ1v) is 15.9. The summed E-state index contributed by atoms with van der Waals surface area (Å²) >= 11 is 1.36. The maximum Gasteiger partial charge on any atom is 0.338 e. The summed E-state index contributed by atoms with van der Waals surface area (Å²) in [6, 6.07) is 26.7. The first-order chi connectivity index (χ1) is 21.9. The zero-order valence-corrected chi connectivity index (χ0v) is 26.0. The maximum atomic E-state index is 11.9. The van der Waals surface area contributed by atoms with Crippen LogP contribution in [0.15, 0.2) is 96.2 Å². The number of aliphatic hydroxyl groups excluding tert-OH is 1. The van der Waals surface area contributed by atoms with E-state index in [9.17, 15) is 19.8 Å². The predicted molar refractivity (Wildman–Crippen MR) is 173 cm³/mol. The average molecular weight is 628 g/mol. The molecule has 3 aromatic carbocycles. The van der Waals surface area contributed by atoms with Crippen molar-refractivity contribution < 1.29 is 29.3 Å². The minimum atomic E-state index is -1.02. The van der Waals surface area contributed by atoms with Crippen molar-refractivity contribution in [1.82, 2.24) is 15.6 Å². The summed E-state index contributed by atoms with van der Waals surface area (Å²) in [6.07, 6.45) is 0.317. The number of hydrogen-bond donors (Lipinski definition) is 4. The van der Waals surface area contributed by atoms with Gasteiger partial charge in [0.05, 0.1) is 24.4 Å². The molecular formula is C35H37N3O6S. The van der Waals surface area contributed by atoms with Crippen LogP contribution in [-0.2, 0) is 22.6 Å². The van der Waals surface area contributed by atoms with E-state index in [4.69, 9.17) is 9.47 Å². The second kappa shape index (κ2) is 15.2. The number of nitrogens with zero attached hydrogens (tertiary/aromatic N) is 1. The number of amides is 2. The highest BCUT2D eigenvalue weighted by Crippen LogP contribution is 2.43. The van der Waals surface area contributed by atoms with Gasteiger partial charge in [0.2, 0.25) is 0 Å².